The maximum absolute atomic E-state index is 6.00. The van der Waals surface area contributed by atoms with Crippen LogP contribution in [0.4, 0.5) is 0 Å². The molecule has 0 aliphatic rings. The molecule has 0 aliphatic heterocycles. The number of rotatable bonds is 6. The van der Waals surface area contributed by atoms with E-state index in [1.165, 1.54) is 0 Å². The maximum atomic E-state index is 6.00. The van der Waals surface area contributed by atoms with E-state index in [4.69, 9.17) is 16.0 Å². The van der Waals surface area contributed by atoms with Crippen LogP contribution in [0.25, 0.3) is 11.3 Å². The van der Waals surface area contributed by atoms with E-state index in [-0.39, 0.29) is 0 Å². The van der Waals surface area contributed by atoms with Crippen LogP contribution in [0.3, 0.4) is 0 Å². The van der Waals surface area contributed by atoms with Gasteiger partial charge in [-0.3, -0.25) is 0 Å². The molecule has 20 heavy (non-hydrogen) atoms. The minimum Gasteiger partial charge on any atom is -0.461 e. The molecule has 4 heteroatoms. The van der Waals surface area contributed by atoms with E-state index < -0.39 is 0 Å². The Bertz CT molecular complexity index is 567. The van der Waals surface area contributed by atoms with E-state index in [1.54, 1.807) is 0 Å². The van der Waals surface area contributed by atoms with Crippen molar-refractivity contribution >= 4 is 27.5 Å². The van der Waals surface area contributed by atoms with Gasteiger partial charge in [0.15, 0.2) is 0 Å². The third kappa shape index (κ3) is 4.11. The van der Waals surface area contributed by atoms with Crippen molar-refractivity contribution in [2.75, 3.05) is 6.54 Å². The summed E-state index contributed by atoms with van der Waals surface area (Å²) in [6.07, 6.45) is 2.04. The largest absolute Gasteiger partial charge is 0.461 e. The summed E-state index contributed by atoms with van der Waals surface area (Å²) < 4.78 is 6.79. The summed E-state index contributed by atoms with van der Waals surface area (Å²) in [4.78, 5) is 0. The van der Waals surface area contributed by atoms with Crippen LogP contribution in [0.5, 0.6) is 0 Å². The second kappa shape index (κ2) is 7.30. The Balaban J connectivity index is 2.06. The lowest BCUT2D eigenvalue weighted by Crippen LogP contribution is -2.28. The van der Waals surface area contributed by atoms with Crippen molar-refractivity contribution in [2.24, 2.45) is 0 Å². The van der Waals surface area contributed by atoms with Gasteiger partial charge in [-0.2, -0.15) is 0 Å². The van der Waals surface area contributed by atoms with Gasteiger partial charge in [-0.1, -0.05) is 18.5 Å². The fourth-order valence-corrected chi connectivity index (χ4v) is 2.55. The van der Waals surface area contributed by atoms with E-state index in [1.807, 2.05) is 30.3 Å². The molecular weight excluding hydrogens is 338 g/mol. The van der Waals surface area contributed by atoms with Crippen molar-refractivity contribution in [1.82, 2.24) is 5.32 Å². The molecule has 0 spiro atoms. The summed E-state index contributed by atoms with van der Waals surface area (Å²) in [5.74, 6) is 1.88. The first kappa shape index (κ1) is 15.6. The molecule has 2 rings (SSSR count). The monoisotopic (exact) mass is 355 g/mol. The third-order valence-electron chi connectivity index (χ3n) is 3.12. The lowest BCUT2D eigenvalue weighted by molar-refractivity contribution is 0.464. The molecule has 108 valence electrons. The minimum absolute atomic E-state index is 0.422. The Morgan fingerprint density at radius 2 is 2.10 bits per heavy atom. The van der Waals surface area contributed by atoms with Crippen LogP contribution < -0.4 is 5.32 Å². The number of hydrogen-bond donors (Lipinski definition) is 1. The molecule has 0 saturated heterocycles. The molecule has 0 bridgehead atoms. The molecule has 0 saturated carbocycles. The zero-order valence-electron chi connectivity index (χ0n) is 11.7. The van der Waals surface area contributed by atoms with E-state index in [0.717, 1.165) is 40.9 Å². The molecule has 0 radical (unpaired) electrons. The van der Waals surface area contributed by atoms with Gasteiger partial charge in [-0.15, -0.1) is 0 Å². The Morgan fingerprint density at radius 1 is 1.30 bits per heavy atom. The highest BCUT2D eigenvalue weighted by atomic mass is 79.9. The number of nitrogens with one attached hydrogen (secondary N) is 1. The summed E-state index contributed by atoms with van der Waals surface area (Å²) in [6.45, 7) is 5.39. The SMILES string of the molecule is CCCNC(C)Cc1ccc(-c2ccc(Cl)c(Br)c2)o1. The van der Waals surface area contributed by atoms with Crippen LogP contribution in [0.2, 0.25) is 5.02 Å². The van der Waals surface area contributed by atoms with Gasteiger partial charge in [0, 0.05) is 22.5 Å². The number of hydrogen-bond acceptors (Lipinski definition) is 2. The Labute approximate surface area is 133 Å². The van der Waals surface area contributed by atoms with E-state index in [2.05, 4.69) is 35.1 Å². The summed E-state index contributed by atoms with van der Waals surface area (Å²) in [6, 6.07) is 10.3. The molecule has 2 aromatic rings. The Kier molecular flexibility index (Phi) is 5.70. The van der Waals surface area contributed by atoms with Gasteiger partial charge in [0.05, 0.1) is 5.02 Å². The van der Waals surface area contributed by atoms with E-state index in [0.29, 0.717) is 11.1 Å². The molecule has 0 amide bonds. The molecule has 1 aromatic heterocycles. The quantitative estimate of drug-likeness (QED) is 0.760. The topological polar surface area (TPSA) is 25.2 Å². The van der Waals surface area contributed by atoms with Gasteiger partial charge in [-0.25, -0.2) is 0 Å². The minimum atomic E-state index is 0.422. The highest BCUT2D eigenvalue weighted by Gasteiger charge is 2.09. The lowest BCUT2D eigenvalue weighted by atomic mass is 10.2. The van der Waals surface area contributed by atoms with Gasteiger partial charge >= 0.3 is 0 Å². The van der Waals surface area contributed by atoms with E-state index >= 15 is 0 Å². The normalized spacial score (nSPS) is 12.6. The maximum Gasteiger partial charge on any atom is 0.134 e. The van der Waals surface area contributed by atoms with Crippen molar-refractivity contribution in [3.05, 3.63) is 45.6 Å². The second-order valence-corrected chi connectivity index (χ2v) is 6.22. The van der Waals surface area contributed by atoms with Crippen LogP contribution in [-0.2, 0) is 6.42 Å². The van der Waals surface area contributed by atoms with E-state index in [9.17, 15) is 0 Å². The number of benzene rings is 1. The average molecular weight is 357 g/mol. The summed E-state index contributed by atoms with van der Waals surface area (Å²) in [5, 5.41) is 4.17. The van der Waals surface area contributed by atoms with Crippen LogP contribution in [0, 0.1) is 0 Å². The molecule has 0 fully saturated rings. The zero-order chi connectivity index (χ0) is 14.5. The van der Waals surface area contributed by atoms with Crippen molar-refractivity contribution in [3.8, 4) is 11.3 Å². The average Bonchev–Trinajstić information content (AvgIpc) is 2.88. The van der Waals surface area contributed by atoms with Crippen LogP contribution in [-0.4, -0.2) is 12.6 Å². The fourth-order valence-electron chi connectivity index (χ4n) is 2.06. The molecule has 1 aromatic carbocycles. The standard InChI is InChI=1S/C16H19BrClNO/c1-3-8-19-11(2)9-13-5-7-16(20-13)12-4-6-15(18)14(17)10-12/h4-7,10-11,19H,3,8-9H2,1-2H3. The van der Waals surface area contributed by atoms with Crippen molar-refractivity contribution in [1.29, 1.82) is 0 Å². The molecule has 1 unspecified atom stereocenters. The fraction of sp³-hybridized carbons (Fsp3) is 0.375. The van der Waals surface area contributed by atoms with Gasteiger partial charge in [0.2, 0.25) is 0 Å². The molecular formula is C16H19BrClNO. The highest BCUT2D eigenvalue weighted by Crippen LogP contribution is 2.30. The van der Waals surface area contributed by atoms with Gasteiger partial charge in [0.25, 0.3) is 0 Å². The van der Waals surface area contributed by atoms with Gasteiger partial charge in [0.1, 0.15) is 11.5 Å². The predicted octanol–water partition coefficient (Wildman–Crippen LogP) is 5.29. The van der Waals surface area contributed by atoms with Gasteiger partial charge in [-0.05, 0) is 66.2 Å². The molecule has 2 nitrogen and oxygen atoms in total. The zero-order valence-corrected chi connectivity index (χ0v) is 14.1. The molecule has 0 aliphatic carbocycles. The highest BCUT2D eigenvalue weighted by molar-refractivity contribution is 9.10. The number of furan rings is 1. The first-order chi connectivity index (χ1) is 9.60. The summed E-state index contributed by atoms with van der Waals surface area (Å²) >= 11 is 9.44. The smallest absolute Gasteiger partial charge is 0.134 e. The Hall–Kier alpha value is -0.770. The predicted molar refractivity (Wildman–Crippen MR) is 88.3 cm³/mol. The summed E-state index contributed by atoms with van der Waals surface area (Å²) in [5.41, 5.74) is 1.03. The second-order valence-electron chi connectivity index (χ2n) is 4.95. The Morgan fingerprint density at radius 3 is 2.80 bits per heavy atom. The van der Waals surface area contributed by atoms with Crippen molar-refractivity contribution in [2.45, 2.75) is 32.7 Å². The van der Waals surface area contributed by atoms with Gasteiger partial charge < -0.3 is 9.73 Å². The third-order valence-corrected chi connectivity index (χ3v) is 4.33. The van der Waals surface area contributed by atoms with Crippen LogP contribution in [0.1, 0.15) is 26.0 Å². The van der Waals surface area contributed by atoms with Crippen molar-refractivity contribution in [3.63, 3.8) is 0 Å². The summed E-state index contributed by atoms with van der Waals surface area (Å²) in [7, 11) is 0. The number of halogens is 2. The first-order valence-electron chi connectivity index (χ1n) is 6.87. The lowest BCUT2D eigenvalue weighted by Gasteiger charge is -2.10. The van der Waals surface area contributed by atoms with Crippen molar-refractivity contribution < 1.29 is 4.42 Å². The molecule has 1 N–H and O–H groups in total. The molecule has 1 heterocycles. The first-order valence-corrected chi connectivity index (χ1v) is 8.04. The van der Waals surface area contributed by atoms with Crippen LogP contribution >= 0.6 is 27.5 Å². The molecule has 1 atom stereocenters. The van der Waals surface area contributed by atoms with Crippen LogP contribution in [0.15, 0.2) is 39.2 Å².